The Morgan fingerprint density at radius 2 is 1.75 bits per heavy atom. The number of hydrogen-bond acceptors (Lipinski definition) is 6. The average molecular weight is 455 g/mol. The molecule has 0 radical (unpaired) electrons. The Labute approximate surface area is 191 Å². The Hall–Kier alpha value is -3.59. The molecule has 0 aliphatic rings. The van der Waals surface area contributed by atoms with Crippen LogP contribution in [-0.2, 0) is 19.5 Å². The van der Waals surface area contributed by atoms with Crippen LogP contribution < -0.4 is 25.4 Å². The number of carbonyl (C=O) groups excluding carboxylic acids is 2. The highest BCUT2D eigenvalue weighted by atomic mass is 32.1. The molecule has 0 saturated heterocycles. The van der Waals surface area contributed by atoms with Crippen molar-refractivity contribution in [2.24, 2.45) is 0 Å². The van der Waals surface area contributed by atoms with E-state index in [4.69, 9.17) is 9.47 Å². The predicted octanol–water partition coefficient (Wildman–Crippen LogP) is 3.13. The molecule has 3 N–H and O–H groups in total. The zero-order valence-corrected chi connectivity index (χ0v) is 18.8. The largest absolute Gasteiger partial charge is 0.493 e. The van der Waals surface area contributed by atoms with Crippen LogP contribution in [-0.4, -0.2) is 37.7 Å². The Morgan fingerprint density at radius 1 is 0.938 bits per heavy atom. The fourth-order valence-electron chi connectivity index (χ4n) is 3.04. The molecule has 32 heavy (non-hydrogen) atoms. The van der Waals surface area contributed by atoms with Gasteiger partial charge in [0, 0.05) is 24.0 Å². The first-order valence-electron chi connectivity index (χ1n) is 10.1. The van der Waals surface area contributed by atoms with Gasteiger partial charge in [0.05, 0.1) is 20.8 Å². The second kappa shape index (κ2) is 11.7. The highest BCUT2D eigenvalue weighted by Gasteiger charge is 2.14. The molecule has 0 spiro atoms. The van der Waals surface area contributed by atoms with Crippen molar-refractivity contribution >= 4 is 23.3 Å². The van der Waals surface area contributed by atoms with Gasteiger partial charge < -0.3 is 25.4 Å². The first kappa shape index (κ1) is 23.1. The molecule has 0 atom stereocenters. The highest BCUT2D eigenvalue weighted by molar-refractivity contribution is 7.09. The average Bonchev–Trinajstić information content (AvgIpc) is 3.30. The SMILES string of the molecule is COc1cccc(CNC(=O)c2csc(CNC(=O)NCCc3ccccc3)n2)c1OC. The minimum absolute atomic E-state index is 0.249. The molecule has 9 heteroatoms. The number of nitrogens with zero attached hydrogens (tertiary/aromatic N) is 1. The summed E-state index contributed by atoms with van der Waals surface area (Å²) in [5, 5.41) is 10.7. The van der Waals surface area contributed by atoms with Crippen LogP contribution in [0.4, 0.5) is 4.79 Å². The summed E-state index contributed by atoms with van der Waals surface area (Å²) in [6.07, 6.45) is 0.758. The maximum atomic E-state index is 12.5. The van der Waals surface area contributed by atoms with Crippen LogP contribution in [0.25, 0.3) is 0 Å². The molecule has 1 aromatic heterocycles. The zero-order valence-electron chi connectivity index (χ0n) is 18.0. The summed E-state index contributed by atoms with van der Waals surface area (Å²) in [7, 11) is 3.12. The van der Waals surface area contributed by atoms with Gasteiger partial charge in [-0.15, -0.1) is 11.3 Å². The van der Waals surface area contributed by atoms with E-state index in [1.54, 1.807) is 25.7 Å². The first-order valence-corrected chi connectivity index (χ1v) is 11.0. The monoisotopic (exact) mass is 454 g/mol. The van der Waals surface area contributed by atoms with E-state index >= 15 is 0 Å². The molecule has 1 heterocycles. The van der Waals surface area contributed by atoms with Crippen molar-refractivity contribution in [3.8, 4) is 11.5 Å². The molecule has 0 bridgehead atoms. The molecule has 3 rings (SSSR count). The number of amides is 3. The maximum absolute atomic E-state index is 12.5. The molecular formula is C23H26N4O4S. The Kier molecular flexibility index (Phi) is 8.44. The number of carbonyl (C=O) groups is 2. The Bertz CT molecular complexity index is 1040. The fourth-order valence-corrected chi connectivity index (χ4v) is 3.75. The number of hydrogen-bond donors (Lipinski definition) is 3. The van der Waals surface area contributed by atoms with Gasteiger partial charge in [0.25, 0.3) is 5.91 Å². The minimum Gasteiger partial charge on any atom is -0.493 e. The van der Waals surface area contributed by atoms with Crippen molar-refractivity contribution in [2.75, 3.05) is 20.8 Å². The molecule has 168 valence electrons. The lowest BCUT2D eigenvalue weighted by Crippen LogP contribution is -2.36. The van der Waals surface area contributed by atoms with E-state index in [-0.39, 0.29) is 25.0 Å². The number of nitrogens with one attached hydrogen (secondary N) is 3. The van der Waals surface area contributed by atoms with E-state index in [1.807, 2.05) is 42.5 Å². The third-order valence-corrected chi connectivity index (χ3v) is 5.50. The van der Waals surface area contributed by atoms with Gasteiger partial charge in [0.2, 0.25) is 0 Å². The van der Waals surface area contributed by atoms with Gasteiger partial charge in [0.1, 0.15) is 10.7 Å². The lowest BCUT2D eigenvalue weighted by atomic mass is 10.1. The molecule has 0 saturated carbocycles. The standard InChI is InChI=1S/C23H26N4O4S/c1-30-19-10-6-9-17(21(19)31-2)13-25-22(28)18-15-32-20(27-18)14-26-23(29)24-12-11-16-7-4-3-5-8-16/h3-10,15H,11-14H2,1-2H3,(H,25,28)(H2,24,26,29). The summed E-state index contributed by atoms with van der Waals surface area (Å²) < 4.78 is 10.7. The van der Waals surface area contributed by atoms with Crippen molar-refractivity contribution in [2.45, 2.75) is 19.5 Å². The van der Waals surface area contributed by atoms with Crippen molar-refractivity contribution in [3.63, 3.8) is 0 Å². The van der Waals surface area contributed by atoms with Crippen molar-refractivity contribution < 1.29 is 19.1 Å². The normalized spacial score (nSPS) is 10.3. The predicted molar refractivity (Wildman–Crippen MR) is 123 cm³/mol. The minimum atomic E-state index is -0.301. The van der Waals surface area contributed by atoms with Crippen LogP contribution >= 0.6 is 11.3 Å². The molecule has 3 amide bonds. The van der Waals surface area contributed by atoms with E-state index < -0.39 is 0 Å². The van der Waals surface area contributed by atoms with Gasteiger partial charge in [-0.25, -0.2) is 9.78 Å². The summed E-state index contributed by atoms with van der Waals surface area (Å²) >= 11 is 1.32. The van der Waals surface area contributed by atoms with Crippen LogP contribution in [0.5, 0.6) is 11.5 Å². The van der Waals surface area contributed by atoms with Crippen molar-refractivity contribution in [1.29, 1.82) is 0 Å². The fraction of sp³-hybridized carbons (Fsp3) is 0.261. The lowest BCUT2D eigenvalue weighted by molar-refractivity contribution is 0.0946. The number of urea groups is 1. The summed E-state index contributed by atoms with van der Waals surface area (Å²) in [4.78, 5) is 28.7. The molecular weight excluding hydrogens is 428 g/mol. The number of para-hydroxylation sites is 1. The Balaban J connectivity index is 1.44. The number of benzene rings is 2. The van der Waals surface area contributed by atoms with E-state index in [9.17, 15) is 9.59 Å². The van der Waals surface area contributed by atoms with E-state index in [0.717, 1.165) is 17.5 Å². The van der Waals surface area contributed by atoms with Gasteiger partial charge in [0.15, 0.2) is 11.5 Å². The number of rotatable bonds is 10. The highest BCUT2D eigenvalue weighted by Crippen LogP contribution is 2.30. The van der Waals surface area contributed by atoms with Crippen LogP contribution in [0.3, 0.4) is 0 Å². The smallest absolute Gasteiger partial charge is 0.315 e. The molecule has 0 aliphatic heterocycles. The van der Waals surface area contributed by atoms with E-state index in [0.29, 0.717) is 28.7 Å². The molecule has 0 unspecified atom stereocenters. The third-order valence-electron chi connectivity index (χ3n) is 4.65. The van der Waals surface area contributed by atoms with Gasteiger partial charge >= 0.3 is 6.03 Å². The topological polar surface area (TPSA) is 102 Å². The molecule has 8 nitrogen and oxygen atoms in total. The number of ether oxygens (including phenoxy) is 2. The van der Waals surface area contributed by atoms with Gasteiger partial charge in [-0.3, -0.25) is 4.79 Å². The lowest BCUT2D eigenvalue weighted by Gasteiger charge is -2.12. The maximum Gasteiger partial charge on any atom is 0.315 e. The number of methoxy groups -OCH3 is 2. The van der Waals surface area contributed by atoms with E-state index in [1.165, 1.54) is 11.3 Å². The summed E-state index contributed by atoms with van der Waals surface area (Å²) in [6.45, 7) is 1.06. The summed E-state index contributed by atoms with van der Waals surface area (Å²) in [5.74, 6) is 0.879. The van der Waals surface area contributed by atoms with Crippen LogP contribution in [0.1, 0.15) is 26.6 Å². The molecule has 0 fully saturated rings. The van der Waals surface area contributed by atoms with Crippen LogP contribution in [0.15, 0.2) is 53.9 Å². The molecule has 3 aromatic rings. The second-order valence-electron chi connectivity index (χ2n) is 6.81. The summed E-state index contributed by atoms with van der Waals surface area (Å²) in [6, 6.07) is 15.2. The summed E-state index contributed by atoms with van der Waals surface area (Å²) in [5.41, 5.74) is 2.26. The Morgan fingerprint density at radius 3 is 2.50 bits per heavy atom. The number of aromatic nitrogens is 1. The zero-order chi connectivity index (χ0) is 22.8. The van der Waals surface area contributed by atoms with Crippen LogP contribution in [0.2, 0.25) is 0 Å². The van der Waals surface area contributed by atoms with Gasteiger partial charge in [-0.2, -0.15) is 0 Å². The van der Waals surface area contributed by atoms with Crippen molar-refractivity contribution in [1.82, 2.24) is 20.9 Å². The first-order chi connectivity index (χ1) is 15.6. The molecule has 0 aliphatic carbocycles. The number of thiazole rings is 1. The second-order valence-corrected chi connectivity index (χ2v) is 7.75. The van der Waals surface area contributed by atoms with Crippen LogP contribution in [0, 0.1) is 0 Å². The van der Waals surface area contributed by atoms with Crippen molar-refractivity contribution in [3.05, 3.63) is 75.7 Å². The quantitative estimate of drug-likeness (QED) is 0.437. The van der Waals surface area contributed by atoms with Gasteiger partial charge in [-0.05, 0) is 18.1 Å². The molecule has 2 aromatic carbocycles. The van der Waals surface area contributed by atoms with E-state index in [2.05, 4.69) is 20.9 Å². The third kappa shape index (κ3) is 6.45. The van der Waals surface area contributed by atoms with Gasteiger partial charge in [-0.1, -0.05) is 42.5 Å².